The van der Waals surface area contributed by atoms with Crippen molar-refractivity contribution in [2.24, 2.45) is 7.05 Å². The Morgan fingerprint density at radius 2 is 2.05 bits per heavy atom. The van der Waals surface area contributed by atoms with Crippen LogP contribution >= 0.6 is 11.6 Å². The molecular weight excluding hydrogens is 286 g/mol. The molecule has 0 aliphatic carbocycles. The molecule has 0 aliphatic heterocycles. The van der Waals surface area contributed by atoms with Gasteiger partial charge in [-0.3, -0.25) is 9.36 Å². The summed E-state index contributed by atoms with van der Waals surface area (Å²) in [6.45, 7) is 10.1. The van der Waals surface area contributed by atoms with Crippen molar-refractivity contribution in [2.45, 2.75) is 46.7 Å². The van der Waals surface area contributed by atoms with Crippen LogP contribution in [0.5, 0.6) is 0 Å². The molecule has 0 aromatic carbocycles. The maximum Gasteiger partial charge on any atom is 0.0837 e. The summed E-state index contributed by atoms with van der Waals surface area (Å²) in [6, 6.07) is 0.0187. The number of nitrogens with zero attached hydrogens (tertiary/aromatic N) is 4. The van der Waals surface area contributed by atoms with Crippen molar-refractivity contribution < 1.29 is 0 Å². The van der Waals surface area contributed by atoms with Crippen LogP contribution in [0.15, 0.2) is 6.20 Å². The van der Waals surface area contributed by atoms with Crippen LogP contribution < -0.4 is 5.32 Å². The molecule has 0 spiro atoms. The zero-order valence-corrected chi connectivity index (χ0v) is 14.2. The fourth-order valence-corrected chi connectivity index (χ4v) is 3.05. The molecule has 0 bridgehead atoms. The molecule has 5 nitrogen and oxygen atoms in total. The first-order valence-corrected chi connectivity index (χ1v) is 7.83. The van der Waals surface area contributed by atoms with Crippen LogP contribution in [0.1, 0.15) is 49.0 Å². The first-order chi connectivity index (χ1) is 10.0. The predicted molar refractivity (Wildman–Crippen MR) is 85.7 cm³/mol. The van der Waals surface area contributed by atoms with Gasteiger partial charge in [0.15, 0.2) is 0 Å². The Kier molecular flexibility index (Phi) is 5.06. The minimum Gasteiger partial charge on any atom is -0.305 e. The third kappa shape index (κ3) is 2.99. The Hall–Kier alpha value is -1.33. The SMILES string of the molecule is CCCn1ncc(Cl)c1C(NCC)c1c(C)nn(C)c1C. The third-order valence-electron chi connectivity index (χ3n) is 3.80. The molecule has 0 aliphatic rings. The maximum absolute atomic E-state index is 6.42. The van der Waals surface area contributed by atoms with Crippen LogP contribution in [0.4, 0.5) is 0 Å². The normalized spacial score (nSPS) is 12.9. The molecule has 0 radical (unpaired) electrons. The topological polar surface area (TPSA) is 47.7 Å². The second-order valence-electron chi connectivity index (χ2n) is 5.30. The quantitative estimate of drug-likeness (QED) is 0.892. The van der Waals surface area contributed by atoms with Crippen molar-refractivity contribution in [3.8, 4) is 0 Å². The number of nitrogens with one attached hydrogen (secondary N) is 1. The van der Waals surface area contributed by atoms with Gasteiger partial charge in [0.05, 0.1) is 28.6 Å². The molecule has 2 heterocycles. The molecular formula is C15H24ClN5. The summed E-state index contributed by atoms with van der Waals surface area (Å²) in [5.74, 6) is 0. The molecule has 2 rings (SSSR count). The molecule has 0 saturated carbocycles. The monoisotopic (exact) mass is 309 g/mol. The number of rotatable bonds is 6. The van der Waals surface area contributed by atoms with Crippen LogP contribution in [0.2, 0.25) is 5.02 Å². The van der Waals surface area contributed by atoms with Gasteiger partial charge >= 0.3 is 0 Å². The zero-order chi connectivity index (χ0) is 15.6. The summed E-state index contributed by atoms with van der Waals surface area (Å²) in [7, 11) is 1.97. The van der Waals surface area contributed by atoms with Crippen LogP contribution in [0.25, 0.3) is 0 Å². The highest BCUT2D eigenvalue weighted by Crippen LogP contribution is 2.32. The van der Waals surface area contributed by atoms with E-state index in [1.54, 1.807) is 6.20 Å². The first kappa shape index (κ1) is 16.0. The number of hydrogen-bond acceptors (Lipinski definition) is 3. The van der Waals surface area contributed by atoms with Crippen molar-refractivity contribution in [1.29, 1.82) is 0 Å². The van der Waals surface area contributed by atoms with Crippen molar-refractivity contribution in [2.75, 3.05) is 6.54 Å². The van der Waals surface area contributed by atoms with Crippen molar-refractivity contribution in [1.82, 2.24) is 24.9 Å². The first-order valence-electron chi connectivity index (χ1n) is 7.45. The van der Waals surface area contributed by atoms with Crippen LogP contribution in [0, 0.1) is 13.8 Å². The van der Waals surface area contributed by atoms with Gasteiger partial charge in [-0.15, -0.1) is 0 Å². The van der Waals surface area contributed by atoms with Gasteiger partial charge in [0, 0.05) is 24.8 Å². The maximum atomic E-state index is 6.42. The fraction of sp³-hybridized carbons (Fsp3) is 0.600. The average molecular weight is 310 g/mol. The lowest BCUT2D eigenvalue weighted by Gasteiger charge is -2.21. The molecule has 1 unspecified atom stereocenters. The highest BCUT2D eigenvalue weighted by molar-refractivity contribution is 6.31. The lowest BCUT2D eigenvalue weighted by Crippen LogP contribution is -2.26. The Labute approximate surface area is 131 Å². The second kappa shape index (κ2) is 6.62. The predicted octanol–water partition coefficient (Wildman–Crippen LogP) is 3.00. The van der Waals surface area contributed by atoms with E-state index in [0.717, 1.165) is 36.6 Å². The smallest absolute Gasteiger partial charge is 0.0837 e. The van der Waals surface area contributed by atoms with E-state index >= 15 is 0 Å². The molecule has 0 amide bonds. The van der Waals surface area contributed by atoms with Crippen molar-refractivity contribution >= 4 is 11.6 Å². The minimum atomic E-state index is 0.0187. The zero-order valence-electron chi connectivity index (χ0n) is 13.4. The summed E-state index contributed by atoms with van der Waals surface area (Å²) in [5.41, 5.74) is 4.40. The number of hydrogen-bond donors (Lipinski definition) is 1. The van der Waals surface area contributed by atoms with Gasteiger partial charge in [-0.2, -0.15) is 10.2 Å². The Morgan fingerprint density at radius 3 is 2.57 bits per heavy atom. The minimum absolute atomic E-state index is 0.0187. The van der Waals surface area contributed by atoms with E-state index in [0.29, 0.717) is 5.02 Å². The Balaban J connectivity index is 2.56. The third-order valence-corrected chi connectivity index (χ3v) is 4.10. The van der Waals surface area contributed by atoms with Gasteiger partial charge in [0.1, 0.15) is 0 Å². The van der Waals surface area contributed by atoms with E-state index in [1.165, 1.54) is 5.56 Å². The van der Waals surface area contributed by atoms with E-state index in [2.05, 4.69) is 36.3 Å². The molecule has 0 fully saturated rings. The average Bonchev–Trinajstić information content (AvgIpc) is 2.90. The number of halogens is 1. The Morgan fingerprint density at radius 1 is 1.33 bits per heavy atom. The summed E-state index contributed by atoms with van der Waals surface area (Å²) in [6.07, 6.45) is 2.76. The number of aryl methyl sites for hydroxylation is 3. The van der Waals surface area contributed by atoms with Gasteiger partial charge in [0.25, 0.3) is 0 Å². The molecule has 2 aromatic heterocycles. The Bertz CT molecular complexity index is 614. The van der Waals surface area contributed by atoms with E-state index in [9.17, 15) is 0 Å². The van der Waals surface area contributed by atoms with Gasteiger partial charge in [-0.1, -0.05) is 25.4 Å². The molecule has 2 aromatic rings. The number of aromatic nitrogens is 4. The summed E-state index contributed by atoms with van der Waals surface area (Å²) < 4.78 is 3.92. The summed E-state index contributed by atoms with van der Waals surface area (Å²) >= 11 is 6.42. The summed E-state index contributed by atoms with van der Waals surface area (Å²) in [5, 5.41) is 13.2. The summed E-state index contributed by atoms with van der Waals surface area (Å²) in [4.78, 5) is 0. The van der Waals surface area contributed by atoms with Gasteiger partial charge in [-0.25, -0.2) is 0 Å². The molecule has 1 N–H and O–H groups in total. The van der Waals surface area contributed by atoms with Crippen LogP contribution in [-0.2, 0) is 13.6 Å². The lowest BCUT2D eigenvalue weighted by atomic mass is 10.0. The van der Waals surface area contributed by atoms with Crippen LogP contribution in [0.3, 0.4) is 0 Å². The largest absolute Gasteiger partial charge is 0.305 e. The van der Waals surface area contributed by atoms with Gasteiger partial charge in [-0.05, 0) is 26.8 Å². The van der Waals surface area contributed by atoms with Gasteiger partial charge in [0.2, 0.25) is 0 Å². The highest BCUT2D eigenvalue weighted by Gasteiger charge is 2.26. The lowest BCUT2D eigenvalue weighted by molar-refractivity contribution is 0.518. The molecule has 116 valence electrons. The second-order valence-corrected chi connectivity index (χ2v) is 5.71. The van der Waals surface area contributed by atoms with Crippen molar-refractivity contribution in [3.05, 3.63) is 33.9 Å². The molecule has 0 saturated heterocycles. The molecule has 21 heavy (non-hydrogen) atoms. The van der Waals surface area contributed by atoms with Gasteiger partial charge < -0.3 is 5.32 Å². The van der Waals surface area contributed by atoms with E-state index in [4.69, 9.17) is 11.6 Å². The van der Waals surface area contributed by atoms with E-state index < -0.39 is 0 Å². The van der Waals surface area contributed by atoms with Crippen molar-refractivity contribution in [3.63, 3.8) is 0 Å². The van der Waals surface area contributed by atoms with E-state index in [-0.39, 0.29) is 6.04 Å². The fourth-order valence-electron chi connectivity index (χ4n) is 2.80. The van der Waals surface area contributed by atoms with Crippen LogP contribution in [-0.4, -0.2) is 26.1 Å². The standard InChI is InChI=1S/C15H24ClN5/c1-6-8-21-15(12(16)9-18-21)14(17-7-2)13-10(3)19-20(5)11(13)4/h9,14,17H,6-8H2,1-5H3. The highest BCUT2D eigenvalue weighted by atomic mass is 35.5. The molecule has 1 atom stereocenters. The van der Waals surface area contributed by atoms with E-state index in [1.807, 2.05) is 23.3 Å². The molecule has 6 heteroatoms.